The largest absolute Gasteiger partial charge is 0.337 e. The Balaban J connectivity index is 1.64. The lowest BCUT2D eigenvalue weighted by Gasteiger charge is -2.26. The maximum absolute atomic E-state index is 12.2. The zero-order valence-electron chi connectivity index (χ0n) is 8.79. The average Bonchev–Trinajstić information content (AvgIpc) is 2.70. The molecule has 3 aliphatic rings. The minimum Gasteiger partial charge on any atom is -0.337 e. The Labute approximate surface area is 98.8 Å². The number of hydrogen-bond donors (Lipinski definition) is 0. The molecular weight excluding hydrogens is 254 g/mol. The van der Waals surface area contributed by atoms with Gasteiger partial charge in [-0.3, -0.25) is 4.79 Å². The van der Waals surface area contributed by atoms with Crippen molar-refractivity contribution < 1.29 is 4.79 Å². The van der Waals surface area contributed by atoms with Crippen molar-refractivity contribution in [3.05, 3.63) is 10.6 Å². The van der Waals surface area contributed by atoms with E-state index in [1.54, 1.807) is 0 Å². The summed E-state index contributed by atoms with van der Waals surface area (Å²) in [6, 6.07) is 0. The summed E-state index contributed by atoms with van der Waals surface area (Å²) in [7, 11) is 0. The average molecular weight is 270 g/mol. The van der Waals surface area contributed by atoms with Crippen LogP contribution >= 0.6 is 15.9 Å². The quantitative estimate of drug-likeness (QED) is 0.717. The Morgan fingerprint density at radius 3 is 2.80 bits per heavy atom. The molecule has 0 spiro atoms. The van der Waals surface area contributed by atoms with Crippen LogP contribution in [0.15, 0.2) is 10.6 Å². The molecule has 2 nitrogen and oxygen atoms in total. The molecule has 0 N–H and O–H groups in total. The number of carbonyl (C=O) groups excluding carboxylic acids is 1. The number of amides is 1. The fraction of sp³-hybridized carbons (Fsp3) is 0.750. The van der Waals surface area contributed by atoms with E-state index in [1.807, 2.05) is 4.90 Å². The van der Waals surface area contributed by atoms with E-state index in [1.165, 1.54) is 23.7 Å². The minimum atomic E-state index is 0.400. The van der Waals surface area contributed by atoms with Crippen molar-refractivity contribution in [2.24, 2.45) is 17.8 Å². The monoisotopic (exact) mass is 269 g/mol. The first-order chi connectivity index (χ1) is 7.27. The number of nitrogens with zero attached hydrogens (tertiary/aromatic N) is 1. The number of halogens is 1. The summed E-state index contributed by atoms with van der Waals surface area (Å²) in [4.78, 5) is 14.2. The first kappa shape index (κ1) is 9.88. The van der Waals surface area contributed by atoms with Gasteiger partial charge in [-0.05, 0) is 31.1 Å². The van der Waals surface area contributed by atoms with E-state index >= 15 is 0 Å². The first-order valence-electron chi connectivity index (χ1n) is 5.90. The second kappa shape index (κ2) is 3.62. The van der Waals surface area contributed by atoms with Crippen LogP contribution in [0.5, 0.6) is 0 Å². The van der Waals surface area contributed by atoms with Gasteiger partial charge in [0.25, 0.3) is 0 Å². The van der Waals surface area contributed by atoms with Crippen LogP contribution in [0.4, 0.5) is 0 Å². The topological polar surface area (TPSA) is 20.3 Å². The molecule has 0 radical (unpaired) electrons. The van der Waals surface area contributed by atoms with Gasteiger partial charge in [-0.2, -0.15) is 0 Å². The second-order valence-electron chi connectivity index (χ2n) is 4.98. The molecule has 15 heavy (non-hydrogen) atoms. The van der Waals surface area contributed by atoms with Gasteiger partial charge in [-0.25, -0.2) is 0 Å². The van der Waals surface area contributed by atoms with E-state index in [2.05, 4.69) is 22.0 Å². The molecule has 3 rings (SSSR count). The molecule has 0 aromatic carbocycles. The van der Waals surface area contributed by atoms with E-state index in [9.17, 15) is 4.79 Å². The van der Waals surface area contributed by atoms with Crippen molar-refractivity contribution in [3.8, 4) is 0 Å². The van der Waals surface area contributed by atoms with Crippen molar-refractivity contribution in [2.75, 3.05) is 13.1 Å². The Morgan fingerprint density at radius 1 is 1.40 bits per heavy atom. The lowest BCUT2D eigenvalue weighted by atomic mass is 10.1. The Morgan fingerprint density at radius 2 is 2.13 bits per heavy atom. The highest BCUT2D eigenvalue weighted by molar-refractivity contribution is 9.11. The molecule has 0 aromatic heterocycles. The van der Waals surface area contributed by atoms with Crippen molar-refractivity contribution in [3.63, 3.8) is 0 Å². The van der Waals surface area contributed by atoms with Crippen LogP contribution < -0.4 is 0 Å². The van der Waals surface area contributed by atoms with E-state index in [-0.39, 0.29) is 0 Å². The minimum absolute atomic E-state index is 0.400. The molecule has 0 saturated heterocycles. The SMILES string of the molecule is O=C(C1C2CCCC21)N1CCC=C(Br)C1. The Bertz CT molecular complexity index is 316. The number of fused-ring (bicyclic) bond motifs is 1. The summed E-state index contributed by atoms with van der Waals surface area (Å²) in [5, 5.41) is 0. The molecule has 2 unspecified atom stereocenters. The third-order valence-corrected chi connectivity index (χ3v) is 4.68. The zero-order chi connectivity index (χ0) is 10.4. The summed E-state index contributed by atoms with van der Waals surface area (Å²) >= 11 is 3.50. The van der Waals surface area contributed by atoms with Crippen LogP contribution in [0.1, 0.15) is 25.7 Å². The van der Waals surface area contributed by atoms with Crippen molar-refractivity contribution >= 4 is 21.8 Å². The predicted octanol–water partition coefficient (Wildman–Crippen LogP) is 2.54. The summed E-state index contributed by atoms with van der Waals surface area (Å²) in [5.41, 5.74) is 0. The van der Waals surface area contributed by atoms with Gasteiger partial charge >= 0.3 is 0 Å². The highest BCUT2D eigenvalue weighted by atomic mass is 79.9. The van der Waals surface area contributed by atoms with Crippen molar-refractivity contribution in [1.82, 2.24) is 4.90 Å². The summed E-state index contributed by atoms with van der Waals surface area (Å²) in [5.74, 6) is 2.33. The van der Waals surface area contributed by atoms with E-state index in [4.69, 9.17) is 0 Å². The second-order valence-corrected chi connectivity index (χ2v) is 6.00. The standard InChI is InChI=1S/C12H16BrNO/c13-8-3-2-6-14(7-8)12(15)11-9-4-1-5-10(9)11/h3,9-11H,1-2,4-7H2. The molecular formula is C12H16BrNO. The number of hydrogen-bond acceptors (Lipinski definition) is 1. The maximum Gasteiger partial charge on any atom is 0.226 e. The van der Waals surface area contributed by atoms with Crippen molar-refractivity contribution in [2.45, 2.75) is 25.7 Å². The lowest BCUT2D eigenvalue weighted by Crippen LogP contribution is -2.36. The normalized spacial score (nSPS) is 38.6. The number of carbonyl (C=O) groups is 1. The molecule has 1 amide bonds. The van der Waals surface area contributed by atoms with Crippen LogP contribution in [-0.4, -0.2) is 23.9 Å². The van der Waals surface area contributed by atoms with Crippen LogP contribution in [0.2, 0.25) is 0 Å². The predicted molar refractivity (Wildman–Crippen MR) is 62.5 cm³/mol. The molecule has 0 bridgehead atoms. The molecule has 2 atom stereocenters. The highest BCUT2D eigenvalue weighted by Gasteiger charge is 2.57. The van der Waals surface area contributed by atoms with Gasteiger partial charge in [0.05, 0.1) is 6.54 Å². The fourth-order valence-electron chi connectivity index (χ4n) is 3.29. The maximum atomic E-state index is 12.2. The molecule has 82 valence electrons. The van der Waals surface area contributed by atoms with Gasteiger partial charge < -0.3 is 4.90 Å². The van der Waals surface area contributed by atoms with Crippen LogP contribution in [0.25, 0.3) is 0 Å². The van der Waals surface area contributed by atoms with Crippen LogP contribution in [0.3, 0.4) is 0 Å². The molecule has 2 aliphatic carbocycles. The van der Waals surface area contributed by atoms with Gasteiger partial charge in [0.1, 0.15) is 0 Å². The zero-order valence-corrected chi connectivity index (χ0v) is 10.4. The third kappa shape index (κ3) is 1.65. The van der Waals surface area contributed by atoms with Crippen molar-refractivity contribution in [1.29, 1.82) is 0 Å². The summed E-state index contributed by atoms with van der Waals surface area (Å²) in [6.45, 7) is 1.72. The lowest BCUT2D eigenvalue weighted by molar-refractivity contribution is -0.133. The van der Waals surface area contributed by atoms with Gasteiger partial charge in [0, 0.05) is 16.9 Å². The van der Waals surface area contributed by atoms with E-state index in [0.29, 0.717) is 11.8 Å². The molecule has 2 fully saturated rings. The van der Waals surface area contributed by atoms with Gasteiger partial charge in [0.2, 0.25) is 5.91 Å². The molecule has 1 aliphatic heterocycles. The Kier molecular flexibility index (Phi) is 2.38. The van der Waals surface area contributed by atoms with E-state index < -0.39 is 0 Å². The van der Waals surface area contributed by atoms with E-state index in [0.717, 1.165) is 31.3 Å². The first-order valence-corrected chi connectivity index (χ1v) is 6.70. The van der Waals surface area contributed by atoms with Gasteiger partial charge in [0.15, 0.2) is 0 Å². The third-order valence-electron chi connectivity index (χ3n) is 4.11. The van der Waals surface area contributed by atoms with Gasteiger partial charge in [-0.1, -0.05) is 28.4 Å². The molecule has 2 saturated carbocycles. The molecule has 3 heteroatoms. The van der Waals surface area contributed by atoms with Crippen LogP contribution in [-0.2, 0) is 4.79 Å². The highest BCUT2D eigenvalue weighted by Crippen LogP contribution is 2.58. The fourth-order valence-corrected chi connectivity index (χ4v) is 3.82. The Hall–Kier alpha value is -0.310. The van der Waals surface area contributed by atoms with Gasteiger partial charge in [-0.15, -0.1) is 0 Å². The molecule has 1 heterocycles. The smallest absolute Gasteiger partial charge is 0.226 e. The summed E-state index contributed by atoms with van der Waals surface area (Å²) in [6.07, 6.45) is 7.13. The summed E-state index contributed by atoms with van der Waals surface area (Å²) < 4.78 is 1.17. The van der Waals surface area contributed by atoms with Crippen LogP contribution in [0, 0.1) is 17.8 Å². The molecule has 0 aromatic rings. The number of rotatable bonds is 1.